The van der Waals surface area contributed by atoms with E-state index in [0.717, 1.165) is 25.9 Å². The Morgan fingerprint density at radius 3 is 3.11 bits per heavy atom. The van der Waals surface area contributed by atoms with Crippen molar-refractivity contribution in [2.24, 2.45) is 0 Å². The summed E-state index contributed by atoms with van der Waals surface area (Å²) in [6.07, 6.45) is 5.82. The Bertz CT molecular complexity index is 450. The van der Waals surface area contributed by atoms with E-state index in [1.165, 1.54) is 18.7 Å². The van der Waals surface area contributed by atoms with E-state index >= 15 is 0 Å². The Hall–Kier alpha value is -1.40. The van der Waals surface area contributed by atoms with Crippen LogP contribution in [0.5, 0.6) is 0 Å². The molecule has 2 rings (SSSR count). The minimum Gasteiger partial charge on any atom is -0.378 e. The maximum atomic E-state index is 10.9. The molecular formula is C12H16ClN3O3. The van der Waals surface area contributed by atoms with Crippen LogP contribution in [0.15, 0.2) is 12.3 Å². The highest BCUT2D eigenvalue weighted by molar-refractivity contribution is 6.30. The van der Waals surface area contributed by atoms with E-state index < -0.39 is 4.92 Å². The van der Waals surface area contributed by atoms with Crippen molar-refractivity contribution in [1.29, 1.82) is 0 Å². The zero-order valence-electron chi connectivity index (χ0n) is 10.5. The van der Waals surface area contributed by atoms with Gasteiger partial charge >= 0.3 is 5.69 Å². The molecule has 1 N–H and O–H groups in total. The number of ether oxygens (including phenoxy) is 1. The van der Waals surface area contributed by atoms with Crippen LogP contribution in [-0.4, -0.2) is 29.2 Å². The fraction of sp³-hybridized carbons (Fsp3) is 0.583. The lowest BCUT2D eigenvalue weighted by Crippen LogP contribution is -2.22. The molecule has 0 radical (unpaired) electrons. The zero-order valence-corrected chi connectivity index (χ0v) is 11.2. The topological polar surface area (TPSA) is 77.3 Å². The van der Waals surface area contributed by atoms with Gasteiger partial charge in [0.2, 0.25) is 5.82 Å². The third-order valence-electron chi connectivity index (χ3n) is 3.06. The molecule has 0 spiro atoms. The monoisotopic (exact) mass is 285 g/mol. The summed E-state index contributed by atoms with van der Waals surface area (Å²) in [5, 5.41) is 14.1. The number of nitro groups is 1. The van der Waals surface area contributed by atoms with E-state index in [2.05, 4.69) is 10.3 Å². The summed E-state index contributed by atoms with van der Waals surface area (Å²) in [6.45, 7) is 1.41. The van der Waals surface area contributed by atoms with Gasteiger partial charge in [0.1, 0.15) is 0 Å². The largest absolute Gasteiger partial charge is 0.378 e. The molecule has 19 heavy (non-hydrogen) atoms. The molecule has 0 saturated carbocycles. The smallest absolute Gasteiger partial charge is 0.312 e. The van der Waals surface area contributed by atoms with Crippen molar-refractivity contribution in [2.45, 2.75) is 31.8 Å². The predicted octanol–water partition coefficient (Wildman–Crippen LogP) is 3.01. The molecule has 2 heterocycles. The number of nitrogens with zero attached hydrogens (tertiary/aromatic N) is 2. The van der Waals surface area contributed by atoms with Gasteiger partial charge in [-0.1, -0.05) is 11.6 Å². The molecule has 1 aromatic heterocycles. The molecular weight excluding hydrogens is 270 g/mol. The molecule has 0 aromatic carbocycles. The number of anilines is 1. The molecule has 104 valence electrons. The highest BCUT2D eigenvalue weighted by Crippen LogP contribution is 2.25. The number of aromatic nitrogens is 1. The second-order valence-electron chi connectivity index (χ2n) is 4.48. The Kier molecular flexibility index (Phi) is 4.93. The molecule has 1 aromatic rings. The van der Waals surface area contributed by atoms with Gasteiger partial charge in [-0.2, -0.15) is 0 Å². The summed E-state index contributed by atoms with van der Waals surface area (Å²) in [4.78, 5) is 14.3. The van der Waals surface area contributed by atoms with Crippen molar-refractivity contribution in [3.05, 3.63) is 27.4 Å². The SMILES string of the molecule is O=[N+]([O-])c1cc(Cl)cnc1NCCC1CCCCO1. The van der Waals surface area contributed by atoms with Crippen LogP contribution in [0.3, 0.4) is 0 Å². The van der Waals surface area contributed by atoms with Gasteiger partial charge in [-0.05, 0) is 25.7 Å². The summed E-state index contributed by atoms with van der Waals surface area (Å²) in [6, 6.07) is 1.30. The van der Waals surface area contributed by atoms with E-state index in [0.29, 0.717) is 6.54 Å². The van der Waals surface area contributed by atoms with E-state index in [1.807, 2.05) is 0 Å². The summed E-state index contributed by atoms with van der Waals surface area (Å²) in [7, 11) is 0. The average molecular weight is 286 g/mol. The first-order chi connectivity index (χ1) is 9.16. The van der Waals surface area contributed by atoms with Gasteiger partial charge < -0.3 is 10.1 Å². The molecule has 0 aliphatic carbocycles. The standard InChI is InChI=1S/C12H16ClN3O3/c13-9-7-11(16(17)18)12(15-8-9)14-5-4-10-3-1-2-6-19-10/h7-8,10H,1-6H2,(H,14,15). The van der Waals surface area contributed by atoms with Crippen LogP contribution < -0.4 is 5.32 Å². The van der Waals surface area contributed by atoms with E-state index in [9.17, 15) is 10.1 Å². The molecule has 0 amide bonds. The van der Waals surface area contributed by atoms with Crippen molar-refractivity contribution in [1.82, 2.24) is 4.98 Å². The molecule has 7 heteroatoms. The highest BCUT2D eigenvalue weighted by Gasteiger charge is 2.17. The lowest BCUT2D eigenvalue weighted by Gasteiger charge is -2.22. The van der Waals surface area contributed by atoms with Gasteiger partial charge in [0.15, 0.2) is 0 Å². The normalized spacial score (nSPS) is 19.1. The van der Waals surface area contributed by atoms with Gasteiger partial charge in [0, 0.05) is 25.4 Å². The number of nitrogens with one attached hydrogen (secondary N) is 1. The van der Waals surface area contributed by atoms with Crippen LogP contribution in [0.4, 0.5) is 11.5 Å². The molecule has 0 bridgehead atoms. The number of hydrogen-bond acceptors (Lipinski definition) is 5. The predicted molar refractivity (Wildman–Crippen MR) is 72.6 cm³/mol. The number of hydrogen-bond donors (Lipinski definition) is 1. The third-order valence-corrected chi connectivity index (χ3v) is 3.27. The highest BCUT2D eigenvalue weighted by atomic mass is 35.5. The van der Waals surface area contributed by atoms with Crippen molar-refractivity contribution >= 4 is 23.1 Å². The first-order valence-corrected chi connectivity index (χ1v) is 6.70. The van der Waals surface area contributed by atoms with Crippen LogP contribution in [-0.2, 0) is 4.74 Å². The van der Waals surface area contributed by atoms with Gasteiger partial charge in [-0.15, -0.1) is 0 Å². The molecule has 1 unspecified atom stereocenters. The van der Waals surface area contributed by atoms with Crippen LogP contribution in [0.2, 0.25) is 5.02 Å². The molecule has 1 saturated heterocycles. The van der Waals surface area contributed by atoms with Crippen LogP contribution in [0.1, 0.15) is 25.7 Å². The number of rotatable bonds is 5. The van der Waals surface area contributed by atoms with Crippen molar-refractivity contribution in [2.75, 3.05) is 18.5 Å². The first kappa shape index (κ1) is 14.0. The summed E-state index contributed by atoms with van der Waals surface area (Å²) in [5.74, 6) is 0.255. The Morgan fingerprint density at radius 2 is 2.42 bits per heavy atom. The van der Waals surface area contributed by atoms with Gasteiger partial charge in [-0.3, -0.25) is 10.1 Å². The second-order valence-corrected chi connectivity index (χ2v) is 4.92. The first-order valence-electron chi connectivity index (χ1n) is 6.32. The van der Waals surface area contributed by atoms with Crippen molar-refractivity contribution in [3.63, 3.8) is 0 Å². The van der Waals surface area contributed by atoms with Crippen LogP contribution in [0.25, 0.3) is 0 Å². The maximum absolute atomic E-state index is 10.9. The van der Waals surface area contributed by atoms with Crippen molar-refractivity contribution in [3.8, 4) is 0 Å². The molecule has 1 atom stereocenters. The van der Waals surface area contributed by atoms with Gasteiger partial charge in [0.05, 0.1) is 16.0 Å². The van der Waals surface area contributed by atoms with Crippen molar-refractivity contribution < 1.29 is 9.66 Å². The number of halogens is 1. The summed E-state index contributed by atoms with van der Waals surface area (Å²) < 4.78 is 5.60. The lowest BCUT2D eigenvalue weighted by molar-refractivity contribution is -0.384. The Balaban J connectivity index is 1.89. The minimum absolute atomic E-state index is 0.0999. The average Bonchev–Trinajstić information content (AvgIpc) is 2.41. The van der Waals surface area contributed by atoms with Crippen LogP contribution >= 0.6 is 11.6 Å². The molecule has 6 nitrogen and oxygen atoms in total. The quantitative estimate of drug-likeness (QED) is 0.664. The Labute approximate surface area is 116 Å². The minimum atomic E-state index is -0.488. The molecule has 1 fully saturated rings. The molecule has 1 aliphatic rings. The van der Waals surface area contributed by atoms with Gasteiger partial charge in [0.25, 0.3) is 0 Å². The second kappa shape index (κ2) is 6.68. The third kappa shape index (κ3) is 4.04. The van der Waals surface area contributed by atoms with Gasteiger partial charge in [-0.25, -0.2) is 4.98 Å². The summed E-state index contributed by atoms with van der Waals surface area (Å²) in [5.41, 5.74) is -0.0999. The van der Waals surface area contributed by atoms with E-state index in [4.69, 9.17) is 16.3 Å². The fourth-order valence-corrected chi connectivity index (χ4v) is 2.24. The fourth-order valence-electron chi connectivity index (χ4n) is 2.09. The van der Waals surface area contributed by atoms with Crippen LogP contribution in [0, 0.1) is 10.1 Å². The number of pyridine rings is 1. The maximum Gasteiger partial charge on any atom is 0.312 e. The van der Waals surface area contributed by atoms with E-state index in [1.54, 1.807) is 0 Å². The zero-order chi connectivity index (χ0) is 13.7. The summed E-state index contributed by atoms with van der Waals surface area (Å²) >= 11 is 5.70. The Morgan fingerprint density at radius 1 is 1.58 bits per heavy atom. The van der Waals surface area contributed by atoms with E-state index in [-0.39, 0.29) is 22.6 Å². The molecule has 1 aliphatic heterocycles. The lowest BCUT2D eigenvalue weighted by atomic mass is 10.1.